The van der Waals surface area contributed by atoms with E-state index in [2.05, 4.69) is 16.0 Å². The molecule has 3 N–H and O–H groups in total. The van der Waals surface area contributed by atoms with E-state index in [0.717, 1.165) is 0 Å². The molecule has 0 aromatic heterocycles. The molecule has 0 saturated carbocycles. The summed E-state index contributed by atoms with van der Waals surface area (Å²) in [7, 11) is 0. The number of hydrogen-bond acceptors (Lipinski definition) is 2. The molecule has 0 unspecified atom stereocenters. The molecule has 25 heavy (non-hydrogen) atoms. The SMILES string of the molecule is CC1=C(C(=O)Nc2ccccc2Cl)[C@@H](c2ccccc2F)NC(=O)N1. The van der Waals surface area contributed by atoms with Crippen molar-refractivity contribution in [3.8, 4) is 0 Å². The van der Waals surface area contributed by atoms with Crippen LogP contribution in [0.2, 0.25) is 5.02 Å². The monoisotopic (exact) mass is 359 g/mol. The van der Waals surface area contributed by atoms with Crippen molar-refractivity contribution in [3.63, 3.8) is 0 Å². The van der Waals surface area contributed by atoms with Gasteiger partial charge in [0.05, 0.1) is 22.3 Å². The normalized spacial score (nSPS) is 16.9. The first-order valence-electron chi connectivity index (χ1n) is 7.56. The van der Waals surface area contributed by atoms with E-state index in [4.69, 9.17) is 11.6 Å². The Labute approximate surface area is 148 Å². The number of allylic oxidation sites excluding steroid dienone is 1. The van der Waals surface area contributed by atoms with Crippen LogP contribution in [-0.4, -0.2) is 11.9 Å². The van der Waals surface area contributed by atoms with Crippen molar-refractivity contribution in [1.29, 1.82) is 0 Å². The lowest BCUT2D eigenvalue weighted by Crippen LogP contribution is -2.46. The molecule has 3 rings (SSSR count). The lowest BCUT2D eigenvalue weighted by atomic mass is 9.94. The average Bonchev–Trinajstić information content (AvgIpc) is 2.56. The highest BCUT2D eigenvalue weighted by Crippen LogP contribution is 2.30. The molecule has 1 heterocycles. The van der Waals surface area contributed by atoms with Gasteiger partial charge in [0.1, 0.15) is 5.82 Å². The van der Waals surface area contributed by atoms with Crippen LogP contribution in [0.3, 0.4) is 0 Å². The number of anilines is 1. The van der Waals surface area contributed by atoms with E-state index in [-0.39, 0.29) is 11.1 Å². The Morgan fingerprint density at radius 2 is 1.84 bits per heavy atom. The van der Waals surface area contributed by atoms with Crippen LogP contribution in [-0.2, 0) is 4.79 Å². The molecule has 128 valence electrons. The second-order valence-corrected chi connectivity index (χ2v) is 5.93. The molecule has 0 fully saturated rings. The Hall–Kier alpha value is -2.86. The van der Waals surface area contributed by atoms with Crippen LogP contribution in [0, 0.1) is 5.82 Å². The molecule has 2 aromatic carbocycles. The minimum absolute atomic E-state index is 0.209. The highest BCUT2D eigenvalue weighted by Gasteiger charge is 2.32. The predicted molar refractivity (Wildman–Crippen MR) is 93.6 cm³/mol. The number of halogens is 2. The van der Waals surface area contributed by atoms with Gasteiger partial charge in [0.2, 0.25) is 0 Å². The Kier molecular flexibility index (Phi) is 4.72. The summed E-state index contributed by atoms with van der Waals surface area (Å²) in [6.45, 7) is 1.59. The summed E-state index contributed by atoms with van der Waals surface area (Å²) < 4.78 is 14.2. The highest BCUT2D eigenvalue weighted by molar-refractivity contribution is 6.33. The minimum atomic E-state index is -0.905. The second-order valence-electron chi connectivity index (χ2n) is 5.53. The standard InChI is InChI=1S/C18H15ClFN3O2/c1-10-15(17(24)22-14-9-5-3-7-12(14)19)16(23-18(25)21-10)11-6-2-4-8-13(11)20/h2-9,16H,1H3,(H,22,24)(H2,21,23,25)/t16-/m1/s1. The summed E-state index contributed by atoms with van der Waals surface area (Å²) in [5.74, 6) is -0.989. The predicted octanol–water partition coefficient (Wildman–Crippen LogP) is 3.75. The number of urea groups is 1. The fourth-order valence-electron chi connectivity index (χ4n) is 2.69. The Morgan fingerprint density at radius 1 is 1.16 bits per heavy atom. The van der Waals surface area contributed by atoms with Crippen molar-refractivity contribution in [3.05, 3.63) is 76.2 Å². The zero-order chi connectivity index (χ0) is 18.0. The maximum absolute atomic E-state index is 14.2. The first-order chi connectivity index (χ1) is 12.0. The van der Waals surface area contributed by atoms with Gasteiger partial charge in [-0.25, -0.2) is 9.18 Å². The number of carbonyl (C=O) groups is 2. The molecular weight excluding hydrogens is 345 g/mol. The lowest BCUT2D eigenvalue weighted by Gasteiger charge is -2.29. The van der Waals surface area contributed by atoms with Crippen LogP contribution in [0.1, 0.15) is 18.5 Å². The van der Waals surface area contributed by atoms with Crippen molar-refractivity contribution < 1.29 is 14.0 Å². The minimum Gasteiger partial charge on any atom is -0.327 e. The average molecular weight is 360 g/mol. The third-order valence-corrected chi connectivity index (χ3v) is 4.18. The summed E-state index contributed by atoms with van der Waals surface area (Å²) in [6, 6.07) is 11.4. The van der Waals surface area contributed by atoms with E-state index < -0.39 is 23.8 Å². The quantitative estimate of drug-likeness (QED) is 0.781. The number of benzene rings is 2. The number of carbonyl (C=O) groups excluding carboxylic acids is 2. The summed E-state index contributed by atoms with van der Waals surface area (Å²) in [4.78, 5) is 24.6. The first kappa shape index (κ1) is 17.0. The molecule has 5 nitrogen and oxygen atoms in total. The van der Waals surface area contributed by atoms with Crippen LogP contribution < -0.4 is 16.0 Å². The van der Waals surface area contributed by atoms with Gasteiger partial charge in [0, 0.05) is 11.3 Å². The van der Waals surface area contributed by atoms with Gasteiger partial charge in [-0.2, -0.15) is 0 Å². The van der Waals surface area contributed by atoms with Gasteiger partial charge < -0.3 is 16.0 Å². The van der Waals surface area contributed by atoms with Crippen molar-refractivity contribution in [2.24, 2.45) is 0 Å². The van der Waals surface area contributed by atoms with Gasteiger partial charge >= 0.3 is 6.03 Å². The Bertz CT molecular complexity index is 882. The molecule has 0 bridgehead atoms. The number of nitrogens with one attached hydrogen (secondary N) is 3. The molecule has 0 spiro atoms. The fourth-order valence-corrected chi connectivity index (χ4v) is 2.87. The smallest absolute Gasteiger partial charge is 0.319 e. The van der Waals surface area contributed by atoms with Crippen molar-refractivity contribution in [2.75, 3.05) is 5.32 Å². The molecule has 1 aliphatic heterocycles. The van der Waals surface area contributed by atoms with Crippen molar-refractivity contribution >= 4 is 29.2 Å². The van der Waals surface area contributed by atoms with Crippen molar-refractivity contribution in [2.45, 2.75) is 13.0 Å². The number of para-hydroxylation sites is 1. The molecule has 0 aliphatic carbocycles. The van der Waals surface area contributed by atoms with Crippen LogP contribution in [0.4, 0.5) is 14.9 Å². The van der Waals surface area contributed by atoms with Gasteiger partial charge in [0.25, 0.3) is 5.91 Å². The summed E-state index contributed by atoms with van der Waals surface area (Å²) >= 11 is 6.07. The number of amides is 3. The molecule has 0 saturated heterocycles. The molecule has 1 atom stereocenters. The highest BCUT2D eigenvalue weighted by atomic mass is 35.5. The molecule has 2 aromatic rings. The number of hydrogen-bond donors (Lipinski definition) is 3. The fraction of sp³-hybridized carbons (Fsp3) is 0.111. The van der Waals surface area contributed by atoms with Gasteiger partial charge in [-0.15, -0.1) is 0 Å². The maximum Gasteiger partial charge on any atom is 0.319 e. The van der Waals surface area contributed by atoms with E-state index in [9.17, 15) is 14.0 Å². The summed E-state index contributed by atoms with van der Waals surface area (Å²) in [5.41, 5.74) is 1.20. The van der Waals surface area contributed by atoms with Gasteiger partial charge in [-0.05, 0) is 25.1 Å². The largest absolute Gasteiger partial charge is 0.327 e. The molecular formula is C18H15ClFN3O2. The van der Waals surface area contributed by atoms with Crippen LogP contribution in [0.25, 0.3) is 0 Å². The van der Waals surface area contributed by atoms with Gasteiger partial charge in [0.15, 0.2) is 0 Å². The zero-order valence-corrected chi connectivity index (χ0v) is 14.0. The van der Waals surface area contributed by atoms with Crippen LogP contribution in [0.5, 0.6) is 0 Å². The van der Waals surface area contributed by atoms with E-state index in [1.807, 2.05) is 0 Å². The zero-order valence-electron chi connectivity index (χ0n) is 13.3. The van der Waals surface area contributed by atoms with E-state index in [1.54, 1.807) is 43.3 Å². The van der Waals surface area contributed by atoms with Gasteiger partial charge in [-0.3, -0.25) is 4.79 Å². The van der Waals surface area contributed by atoms with E-state index >= 15 is 0 Å². The summed E-state index contributed by atoms with van der Waals surface area (Å²) in [6.07, 6.45) is 0. The Morgan fingerprint density at radius 3 is 2.56 bits per heavy atom. The topological polar surface area (TPSA) is 70.2 Å². The van der Waals surface area contributed by atoms with E-state index in [0.29, 0.717) is 16.4 Å². The van der Waals surface area contributed by atoms with Crippen molar-refractivity contribution in [1.82, 2.24) is 10.6 Å². The van der Waals surface area contributed by atoms with Crippen LogP contribution in [0.15, 0.2) is 59.8 Å². The third kappa shape index (κ3) is 3.49. The van der Waals surface area contributed by atoms with Crippen LogP contribution >= 0.6 is 11.6 Å². The second kappa shape index (κ2) is 6.94. The first-order valence-corrected chi connectivity index (χ1v) is 7.93. The maximum atomic E-state index is 14.2. The Balaban J connectivity index is 1.99. The van der Waals surface area contributed by atoms with Gasteiger partial charge in [-0.1, -0.05) is 41.9 Å². The molecule has 3 amide bonds. The molecule has 7 heteroatoms. The van der Waals surface area contributed by atoms with E-state index in [1.165, 1.54) is 12.1 Å². The molecule has 0 radical (unpaired) electrons. The summed E-state index contributed by atoms with van der Waals surface area (Å²) in [5, 5.41) is 8.22. The lowest BCUT2D eigenvalue weighted by molar-refractivity contribution is -0.113. The molecule has 1 aliphatic rings. The third-order valence-electron chi connectivity index (χ3n) is 3.85. The number of rotatable bonds is 3.